The SMILES string of the molecule is CC.CN=Cc1c(Cl)nc(SC)nc1Cl. The van der Waals surface area contributed by atoms with Crippen molar-refractivity contribution >= 4 is 41.2 Å². The fourth-order valence-electron chi connectivity index (χ4n) is 0.725. The lowest BCUT2D eigenvalue weighted by Crippen LogP contribution is -1.95. The lowest BCUT2D eigenvalue weighted by atomic mass is 10.4. The molecule has 3 nitrogen and oxygen atoms in total. The molecule has 0 aliphatic rings. The average molecular weight is 266 g/mol. The Morgan fingerprint density at radius 1 is 1.20 bits per heavy atom. The molecule has 6 heteroatoms. The number of nitrogens with zero attached hydrogens (tertiary/aromatic N) is 3. The van der Waals surface area contributed by atoms with Crippen molar-refractivity contribution in [2.45, 2.75) is 19.0 Å². The molecule has 1 heterocycles. The first-order valence-corrected chi connectivity index (χ1v) is 6.36. The van der Waals surface area contributed by atoms with Gasteiger partial charge in [-0.25, -0.2) is 9.97 Å². The van der Waals surface area contributed by atoms with Crippen LogP contribution in [0.3, 0.4) is 0 Å². The van der Waals surface area contributed by atoms with E-state index >= 15 is 0 Å². The molecule has 0 fully saturated rings. The van der Waals surface area contributed by atoms with Gasteiger partial charge < -0.3 is 0 Å². The number of thioether (sulfide) groups is 1. The molecule has 0 amide bonds. The Balaban J connectivity index is 0.000000921. The minimum Gasteiger partial charge on any atom is -0.296 e. The molecule has 0 spiro atoms. The predicted molar refractivity (Wildman–Crippen MR) is 68.7 cm³/mol. The van der Waals surface area contributed by atoms with E-state index in [9.17, 15) is 0 Å². The summed E-state index contributed by atoms with van der Waals surface area (Å²) in [5.74, 6) is 0. The van der Waals surface area contributed by atoms with E-state index in [0.29, 0.717) is 21.0 Å². The highest BCUT2D eigenvalue weighted by Gasteiger charge is 2.08. The predicted octanol–water partition coefficient (Wildman–Crippen LogP) is 3.58. The van der Waals surface area contributed by atoms with Crippen LogP contribution >= 0.6 is 35.0 Å². The van der Waals surface area contributed by atoms with Crippen molar-refractivity contribution in [3.8, 4) is 0 Å². The highest BCUT2D eigenvalue weighted by Crippen LogP contribution is 2.22. The average Bonchev–Trinajstić information content (AvgIpc) is 2.26. The summed E-state index contributed by atoms with van der Waals surface area (Å²) < 4.78 is 0. The minimum atomic E-state index is 0.329. The van der Waals surface area contributed by atoms with Crippen LogP contribution in [-0.2, 0) is 0 Å². The van der Waals surface area contributed by atoms with Gasteiger partial charge in [0.1, 0.15) is 10.3 Å². The summed E-state index contributed by atoms with van der Waals surface area (Å²) in [7, 11) is 1.63. The van der Waals surface area contributed by atoms with E-state index in [1.165, 1.54) is 18.0 Å². The zero-order valence-corrected chi connectivity index (χ0v) is 11.4. The number of rotatable bonds is 2. The number of aliphatic imine (C=N–C) groups is 1. The van der Waals surface area contributed by atoms with Crippen LogP contribution in [0.5, 0.6) is 0 Å². The molecule has 1 rings (SSSR count). The number of halogens is 2. The van der Waals surface area contributed by atoms with Crippen molar-refractivity contribution in [2.24, 2.45) is 4.99 Å². The van der Waals surface area contributed by atoms with Crippen LogP contribution in [0.2, 0.25) is 10.3 Å². The Morgan fingerprint density at radius 2 is 1.67 bits per heavy atom. The zero-order valence-electron chi connectivity index (χ0n) is 9.08. The molecule has 0 aliphatic heterocycles. The second-order valence-corrected chi connectivity index (χ2v) is 3.58. The Morgan fingerprint density at radius 3 is 2.00 bits per heavy atom. The van der Waals surface area contributed by atoms with Crippen molar-refractivity contribution in [3.05, 3.63) is 15.9 Å². The fourth-order valence-corrected chi connectivity index (χ4v) is 1.68. The van der Waals surface area contributed by atoms with Crippen LogP contribution in [0.1, 0.15) is 19.4 Å². The molecular weight excluding hydrogens is 253 g/mol. The van der Waals surface area contributed by atoms with Gasteiger partial charge in [-0.1, -0.05) is 48.8 Å². The van der Waals surface area contributed by atoms with E-state index < -0.39 is 0 Å². The van der Waals surface area contributed by atoms with Gasteiger partial charge >= 0.3 is 0 Å². The summed E-state index contributed by atoms with van der Waals surface area (Å²) in [4.78, 5) is 11.8. The third-order valence-corrected chi connectivity index (χ3v) is 2.40. The Hall–Kier alpha value is -0.320. The monoisotopic (exact) mass is 265 g/mol. The molecule has 0 bridgehead atoms. The van der Waals surface area contributed by atoms with Crippen molar-refractivity contribution in [1.82, 2.24) is 9.97 Å². The summed E-state index contributed by atoms with van der Waals surface area (Å²) in [6.45, 7) is 4.00. The maximum atomic E-state index is 5.85. The summed E-state index contributed by atoms with van der Waals surface area (Å²) in [6, 6.07) is 0. The smallest absolute Gasteiger partial charge is 0.190 e. The molecule has 0 aliphatic carbocycles. The van der Waals surface area contributed by atoms with Gasteiger partial charge in [0.15, 0.2) is 5.16 Å². The standard InChI is InChI=1S/C7H7Cl2N3S.C2H6/c1-10-3-4-5(8)11-7(13-2)12-6(4)9;1-2/h3H,1-2H3;1-2H3. The molecular formula is C9H13Cl2N3S. The zero-order chi connectivity index (χ0) is 11.8. The first-order valence-electron chi connectivity index (χ1n) is 4.38. The summed E-state index contributed by atoms with van der Waals surface area (Å²) in [5, 5.41) is 1.22. The highest BCUT2D eigenvalue weighted by atomic mass is 35.5. The van der Waals surface area contributed by atoms with Crippen LogP contribution in [0, 0.1) is 0 Å². The van der Waals surface area contributed by atoms with Crippen molar-refractivity contribution in [2.75, 3.05) is 13.3 Å². The van der Waals surface area contributed by atoms with Gasteiger partial charge in [0.2, 0.25) is 0 Å². The van der Waals surface area contributed by atoms with Crippen LogP contribution in [0.15, 0.2) is 10.1 Å². The minimum absolute atomic E-state index is 0.329. The summed E-state index contributed by atoms with van der Waals surface area (Å²) in [5.41, 5.74) is 0.559. The van der Waals surface area contributed by atoms with Crippen LogP contribution in [-0.4, -0.2) is 29.5 Å². The van der Waals surface area contributed by atoms with E-state index in [1.54, 1.807) is 7.05 Å². The first kappa shape index (κ1) is 14.7. The molecule has 0 N–H and O–H groups in total. The topological polar surface area (TPSA) is 38.1 Å². The van der Waals surface area contributed by atoms with Crippen molar-refractivity contribution in [3.63, 3.8) is 0 Å². The number of hydrogen-bond acceptors (Lipinski definition) is 4. The van der Waals surface area contributed by atoms with E-state index in [4.69, 9.17) is 23.2 Å². The van der Waals surface area contributed by atoms with Crippen molar-refractivity contribution in [1.29, 1.82) is 0 Å². The lowest BCUT2D eigenvalue weighted by molar-refractivity contribution is 0.968. The maximum Gasteiger partial charge on any atom is 0.190 e. The molecule has 84 valence electrons. The van der Waals surface area contributed by atoms with Gasteiger partial charge in [0.05, 0.1) is 5.56 Å². The first-order chi connectivity index (χ1) is 7.19. The van der Waals surface area contributed by atoms with Crippen LogP contribution in [0.4, 0.5) is 0 Å². The Kier molecular flexibility index (Phi) is 7.74. The van der Waals surface area contributed by atoms with E-state index in [0.717, 1.165) is 0 Å². The molecule has 0 aromatic carbocycles. The van der Waals surface area contributed by atoms with Gasteiger partial charge in [0, 0.05) is 13.3 Å². The van der Waals surface area contributed by atoms with E-state index in [2.05, 4.69) is 15.0 Å². The molecule has 0 atom stereocenters. The van der Waals surface area contributed by atoms with Crippen LogP contribution in [0.25, 0.3) is 0 Å². The molecule has 0 saturated heterocycles. The molecule has 0 unspecified atom stereocenters. The molecule has 1 aromatic rings. The molecule has 0 saturated carbocycles. The molecule has 15 heavy (non-hydrogen) atoms. The summed E-state index contributed by atoms with van der Waals surface area (Å²) in [6.07, 6.45) is 3.39. The van der Waals surface area contributed by atoms with E-state index in [-0.39, 0.29) is 0 Å². The number of aromatic nitrogens is 2. The maximum absolute atomic E-state index is 5.85. The van der Waals surface area contributed by atoms with Gasteiger partial charge in [0.25, 0.3) is 0 Å². The third-order valence-electron chi connectivity index (χ3n) is 1.27. The van der Waals surface area contributed by atoms with Gasteiger partial charge in [-0.3, -0.25) is 4.99 Å². The summed E-state index contributed by atoms with van der Waals surface area (Å²) >= 11 is 13.1. The lowest BCUT2D eigenvalue weighted by Gasteiger charge is -2.01. The largest absolute Gasteiger partial charge is 0.296 e. The van der Waals surface area contributed by atoms with Crippen LogP contribution < -0.4 is 0 Å². The van der Waals surface area contributed by atoms with Gasteiger partial charge in [-0.2, -0.15) is 0 Å². The number of hydrogen-bond donors (Lipinski definition) is 0. The second kappa shape index (κ2) is 7.91. The quantitative estimate of drug-likeness (QED) is 0.355. The second-order valence-electron chi connectivity index (χ2n) is 2.09. The molecule has 1 aromatic heterocycles. The third kappa shape index (κ3) is 4.36. The van der Waals surface area contributed by atoms with E-state index in [1.807, 2.05) is 20.1 Å². The molecule has 0 radical (unpaired) electrons. The van der Waals surface area contributed by atoms with Gasteiger partial charge in [-0.05, 0) is 6.26 Å². The van der Waals surface area contributed by atoms with Crippen molar-refractivity contribution < 1.29 is 0 Å². The highest BCUT2D eigenvalue weighted by molar-refractivity contribution is 7.98. The normalized spacial score (nSPS) is 10.0. The fraction of sp³-hybridized carbons (Fsp3) is 0.444. The Labute approximate surface area is 104 Å². The van der Waals surface area contributed by atoms with Gasteiger partial charge in [-0.15, -0.1) is 0 Å². The Bertz CT molecular complexity index is 319.